The Kier molecular flexibility index (Phi) is 5.47. The van der Waals surface area contributed by atoms with E-state index in [9.17, 15) is 9.59 Å². The highest BCUT2D eigenvalue weighted by Crippen LogP contribution is 2.33. The van der Waals surface area contributed by atoms with Gasteiger partial charge in [-0.05, 0) is 6.42 Å². The molecule has 0 aliphatic carbocycles. The predicted octanol–water partition coefficient (Wildman–Crippen LogP) is 1.55. The summed E-state index contributed by atoms with van der Waals surface area (Å²) >= 11 is 4.28. The van der Waals surface area contributed by atoms with Crippen molar-refractivity contribution in [2.24, 2.45) is 5.92 Å². The van der Waals surface area contributed by atoms with Crippen molar-refractivity contribution < 1.29 is 23.8 Å². The van der Waals surface area contributed by atoms with Crippen LogP contribution < -0.4 is 0 Å². The van der Waals surface area contributed by atoms with Gasteiger partial charge in [0.05, 0.1) is 6.10 Å². The number of thiol groups is 1. The molecule has 18 heavy (non-hydrogen) atoms. The Morgan fingerprint density at radius 3 is 2.11 bits per heavy atom. The Bertz CT molecular complexity index is 320. The van der Waals surface area contributed by atoms with Gasteiger partial charge in [-0.1, -0.05) is 13.8 Å². The fourth-order valence-electron chi connectivity index (χ4n) is 2.20. The van der Waals surface area contributed by atoms with Crippen molar-refractivity contribution in [1.29, 1.82) is 0 Å². The van der Waals surface area contributed by atoms with E-state index in [0.717, 1.165) is 6.42 Å². The summed E-state index contributed by atoms with van der Waals surface area (Å²) < 4.78 is 16.1. The Labute approximate surface area is 113 Å². The molecule has 1 saturated heterocycles. The number of hydrogen-bond donors (Lipinski definition) is 1. The van der Waals surface area contributed by atoms with Gasteiger partial charge in [-0.15, -0.1) is 12.6 Å². The first kappa shape index (κ1) is 15.3. The van der Waals surface area contributed by atoms with Gasteiger partial charge >= 0.3 is 11.9 Å². The second-order valence-corrected chi connectivity index (χ2v) is 4.99. The fourth-order valence-corrected chi connectivity index (χ4v) is 2.59. The summed E-state index contributed by atoms with van der Waals surface area (Å²) in [6.45, 7) is 6.54. The normalized spacial score (nSPS) is 35.9. The van der Waals surface area contributed by atoms with Crippen LogP contribution in [0.3, 0.4) is 0 Å². The van der Waals surface area contributed by atoms with Crippen molar-refractivity contribution >= 4 is 24.6 Å². The minimum Gasteiger partial charge on any atom is -0.458 e. The van der Waals surface area contributed by atoms with Crippen molar-refractivity contribution in [3.63, 3.8) is 0 Å². The average Bonchev–Trinajstić information content (AvgIpc) is 2.27. The van der Waals surface area contributed by atoms with Crippen molar-refractivity contribution in [2.45, 2.75) is 57.9 Å². The lowest BCUT2D eigenvalue weighted by molar-refractivity contribution is -0.206. The number of hydrogen-bond acceptors (Lipinski definition) is 6. The monoisotopic (exact) mass is 276 g/mol. The molecule has 1 aliphatic rings. The van der Waals surface area contributed by atoms with Crippen molar-refractivity contribution in [3.8, 4) is 0 Å². The number of carbonyl (C=O) groups is 2. The number of ether oxygens (including phenoxy) is 3. The summed E-state index contributed by atoms with van der Waals surface area (Å²) in [7, 11) is 0. The van der Waals surface area contributed by atoms with Crippen LogP contribution >= 0.6 is 12.6 Å². The van der Waals surface area contributed by atoms with Gasteiger partial charge in [0.2, 0.25) is 0 Å². The third-order valence-electron chi connectivity index (χ3n) is 3.03. The van der Waals surface area contributed by atoms with Gasteiger partial charge in [-0.2, -0.15) is 0 Å². The quantitative estimate of drug-likeness (QED) is 0.626. The highest BCUT2D eigenvalue weighted by atomic mass is 32.1. The molecule has 0 radical (unpaired) electrons. The zero-order chi connectivity index (χ0) is 13.9. The van der Waals surface area contributed by atoms with Crippen LogP contribution in [0.2, 0.25) is 0 Å². The van der Waals surface area contributed by atoms with E-state index >= 15 is 0 Å². The Balaban J connectivity index is 2.89. The van der Waals surface area contributed by atoms with Crippen LogP contribution in [0.4, 0.5) is 0 Å². The highest BCUT2D eigenvalue weighted by Gasteiger charge is 2.45. The molecule has 1 aliphatic heterocycles. The lowest BCUT2D eigenvalue weighted by atomic mass is 9.89. The lowest BCUT2D eigenvalue weighted by Crippen LogP contribution is -2.54. The molecule has 0 unspecified atom stereocenters. The van der Waals surface area contributed by atoms with Crippen LogP contribution in [0.1, 0.15) is 34.1 Å². The molecule has 0 spiro atoms. The zero-order valence-corrected chi connectivity index (χ0v) is 12.0. The van der Waals surface area contributed by atoms with Crippen LogP contribution in [0.5, 0.6) is 0 Å². The third kappa shape index (κ3) is 3.62. The SMILES string of the molecule is CC[C@H]1O[C@H](S)[C@H](OC(C)=O)[C@@H](OC(C)=O)[C@@H]1C. The summed E-state index contributed by atoms with van der Waals surface area (Å²) in [5.41, 5.74) is -0.584. The van der Waals surface area contributed by atoms with E-state index in [1.54, 1.807) is 0 Å². The molecule has 0 amide bonds. The van der Waals surface area contributed by atoms with Gasteiger partial charge in [0.25, 0.3) is 0 Å². The molecule has 104 valence electrons. The molecule has 1 heterocycles. The van der Waals surface area contributed by atoms with E-state index in [4.69, 9.17) is 14.2 Å². The van der Waals surface area contributed by atoms with Crippen molar-refractivity contribution in [1.82, 2.24) is 0 Å². The summed E-state index contributed by atoms with van der Waals surface area (Å²) in [6.07, 6.45) is -0.480. The minimum absolute atomic E-state index is 0.0494. The first-order valence-electron chi connectivity index (χ1n) is 6.04. The molecule has 1 fully saturated rings. The molecule has 0 N–H and O–H groups in total. The van der Waals surface area contributed by atoms with Gasteiger partial charge in [0, 0.05) is 19.8 Å². The topological polar surface area (TPSA) is 61.8 Å². The number of carbonyl (C=O) groups excluding carboxylic acids is 2. The van der Waals surface area contributed by atoms with E-state index in [1.165, 1.54) is 13.8 Å². The van der Waals surface area contributed by atoms with Crippen molar-refractivity contribution in [3.05, 3.63) is 0 Å². The van der Waals surface area contributed by atoms with E-state index in [0.29, 0.717) is 0 Å². The molecule has 5 nitrogen and oxygen atoms in total. The fraction of sp³-hybridized carbons (Fsp3) is 0.833. The second-order valence-electron chi connectivity index (χ2n) is 4.48. The van der Waals surface area contributed by atoms with Gasteiger partial charge in [0.1, 0.15) is 11.5 Å². The van der Waals surface area contributed by atoms with E-state index < -0.39 is 29.6 Å². The molecule has 0 aromatic carbocycles. The zero-order valence-electron chi connectivity index (χ0n) is 11.1. The predicted molar refractivity (Wildman–Crippen MR) is 68.2 cm³/mol. The lowest BCUT2D eigenvalue weighted by Gasteiger charge is -2.42. The van der Waals surface area contributed by atoms with Gasteiger partial charge in [-0.3, -0.25) is 9.59 Å². The summed E-state index contributed by atoms with van der Waals surface area (Å²) in [6, 6.07) is 0. The van der Waals surface area contributed by atoms with Gasteiger partial charge in [0.15, 0.2) is 6.10 Å². The molecule has 0 aromatic heterocycles. The molecule has 5 atom stereocenters. The Morgan fingerprint density at radius 2 is 1.67 bits per heavy atom. The number of rotatable bonds is 3. The number of esters is 2. The molecule has 0 bridgehead atoms. The highest BCUT2D eigenvalue weighted by molar-refractivity contribution is 7.80. The Hall–Kier alpha value is -0.750. The van der Waals surface area contributed by atoms with Crippen LogP contribution in [0.25, 0.3) is 0 Å². The first-order chi connectivity index (χ1) is 8.36. The van der Waals surface area contributed by atoms with E-state index in [1.807, 2.05) is 13.8 Å². The summed E-state index contributed by atoms with van der Waals surface area (Å²) in [5.74, 6) is -0.894. The maximum atomic E-state index is 11.2. The van der Waals surface area contributed by atoms with Crippen LogP contribution in [-0.4, -0.2) is 35.7 Å². The van der Waals surface area contributed by atoms with E-state index in [2.05, 4.69) is 12.6 Å². The second kappa shape index (κ2) is 6.43. The maximum absolute atomic E-state index is 11.2. The average molecular weight is 276 g/mol. The Morgan fingerprint density at radius 1 is 1.17 bits per heavy atom. The van der Waals surface area contributed by atoms with Crippen LogP contribution in [-0.2, 0) is 23.8 Å². The summed E-state index contributed by atoms with van der Waals surface area (Å²) in [5, 5.41) is 0. The minimum atomic E-state index is -0.674. The third-order valence-corrected chi connectivity index (χ3v) is 3.45. The standard InChI is InChI=1S/C12H20O5S/c1-5-9-6(2)10(15-7(3)13)11(12(18)17-9)16-8(4)14/h6,9-12,18H,5H2,1-4H3/t6-,9-,10+,11-,12-/m1/s1. The smallest absolute Gasteiger partial charge is 0.303 e. The maximum Gasteiger partial charge on any atom is 0.303 e. The first-order valence-corrected chi connectivity index (χ1v) is 6.56. The van der Waals surface area contributed by atoms with Crippen molar-refractivity contribution in [2.75, 3.05) is 0 Å². The molecule has 0 aromatic rings. The molecule has 0 saturated carbocycles. The van der Waals surface area contributed by atoms with Gasteiger partial charge < -0.3 is 14.2 Å². The molecule has 1 rings (SSSR count). The van der Waals surface area contributed by atoms with Crippen LogP contribution in [0.15, 0.2) is 0 Å². The van der Waals surface area contributed by atoms with E-state index in [-0.39, 0.29) is 12.0 Å². The summed E-state index contributed by atoms with van der Waals surface area (Å²) in [4.78, 5) is 22.3. The molecule has 6 heteroatoms. The van der Waals surface area contributed by atoms with Crippen LogP contribution in [0, 0.1) is 5.92 Å². The molecular weight excluding hydrogens is 256 g/mol. The largest absolute Gasteiger partial charge is 0.458 e. The molecular formula is C12H20O5S. The van der Waals surface area contributed by atoms with Gasteiger partial charge in [-0.25, -0.2) is 0 Å².